The molecule has 2 saturated carbocycles. The Labute approximate surface area is 185 Å². The number of likely N-dealkylation sites (tertiary alicyclic amines) is 1. The lowest BCUT2D eigenvalue weighted by Crippen LogP contribution is -2.56. The lowest BCUT2D eigenvalue weighted by atomic mass is 9.83. The van der Waals surface area contributed by atoms with E-state index < -0.39 is 17.3 Å². The minimum atomic E-state index is -4.37. The second kappa shape index (κ2) is 7.90. The van der Waals surface area contributed by atoms with Crippen molar-refractivity contribution in [2.24, 2.45) is 5.73 Å². The van der Waals surface area contributed by atoms with Crippen molar-refractivity contribution < 1.29 is 22.4 Å². The third kappa shape index (κ3) is 4.17. The number of aromatic nitrogens is 1. The number of halogens is 3. The largest absolute Gasteiger partial charge is 0.448 e. The molecule has 32 heavy (non-hydrogen) atoms. The summed E-state index contributed by atoms with van der Waals surface area (Å²) in [6, 6.07) is 5.28. The molecule has 3 aliphatic rings. The number of alkyl halides is 3. The van der Waals surface area contributed by atoms with Crippen LogP contribution in [0.3, 0.4) is 0 Å². The second-order valence-electron chi connectivity index (χ2n) is 9.71. The van der Waals surface area contributed by atoms with Crippen LogP contribution in [0.4, 0.5) is 13.2 Å². The van der Waals surface area contributed by atoms with Crippen LogP contribution in [-0.4, -0.2) is 34.4 Å². The summed E-state index contributed by atoms with van der Waals surface area (Å²) in [4.78, 5) is 19.9. The Kier molecular flexibility index (Phi) is 5.31. The SMILES string of the molecule is NC1(C(=O)N2CC(c3ccc(C(F)(F)F)cc3)CC(c3nc(C4CC4)co3)C2)CCCC1. The first-order valence-corrected chi connectivity index (χ1v) is 11.4. The zero-order valence-electron chi connectivity index (χ0n) is 17.9. The van der Waals surface area contributed by atoms with Gasteiger partial charge in [-0.3, -0.25) is 4.79 Å². The topological polar surface area (TPSA) is 72.4 Å². The first-order chi connectivity index (χ1) is 15.2. The molecule has 0 radical (unpaired) electrons. The Morgan fingerprint density at radius 2 is 1.72 bits per heavy atom. The summed E-state index contributed by atoms with van der Waals surface area (Å²) in [5.41, 5.74) is 6.69. The number of amides is 1. The van der Waals surface area contributed by atoms with E-state index in [4.69, 9.17) is 15.1 Å². The monoisotopic (exact) mass is 447 g/mol. The number of hydrogen-bond donors (Lipinski definition) is 1. The summed E-state index contributed by atoms with van der Waals surface area (Å²) in [7, 11) is 0. The normalized spacial score (nSPS) is 25.8. The molecule has 1 aromatic heterocycles. The van der Waals surface area contributed by atoms with Crippen LogP contribution in [0.5, 0.6) is 0 Å². The molecule has 1 aromatic carbocycles. The fraction of sp³-hybridized carbons (Fsp3) is 0.583. The van der Waals surface area contributed by atoms with Crippen LogP contribution in [0, 0.1) is 0 Å². The van der Waals surface area contributed by atoms with Crippen molar-refractivity contribution in [3.05, 3.63) is 53.2 Å². The third-order valence-corrected chi connectivity index (χ3v) is 7.25. The predicted molar refractivity (Wildman–Crippen MR) is 112 cm³/mol. The zero-order valence-corrected chi connectivity index (χ0v) is 17.9. The van der Waals surface area contributed by atoms with Crippen LogP contribution in [0.15, 0.2) is 34.9 Å². The maximum Gasteiger partial charge on any atom is 0.416 e. The maximum atomic E-state index is 13.4. The highest BCUT2D eigenvalue weighted by Crippen LogP contribution is 2.42. The van der Waals surface area contributed by atoms with Gasteiger partial charge in [0.15, 0.2) is 5.89 Å². The molecule has 1 saturated heterocycles. The molecule has 0 bridgehead atoms. The van der Waals surface area contributed by atoms with Gasteiger partial charge >= 0.3 is 6.18 Å². The average Bonchev–Trinajstić information content (AvgIpc) is 3.33. The van der Waals surface area contributed by atoms with E-state index in [0.717, 1.165) is 49.1 Å². The standard InChI is InChI=1S/C24H28F3N3O2/c25-24(26,27)19-7-5-15(6-8-19)17-11-18(21-29-20(14-32-21)16-3-4-16)13-30(12-17)22(31)23(28)9-1-2-10-23/h5-8,14,16-18H,1-4,9-13,28H2. The van der Waals surface area contributed by atoms with Crippen molar-refractivity contribution in [2.75, 3.05) is 13.1 Å². The molecule has 0 spiro atoms. The summed E-state index contributed by atoms with van der Waals surface area (Å²) in [5.74, 6) is 0.786. The number of nitrogens with zero attached hydrogens (tertiary/aromatic N) is 2. The number of carbonyl (C=O) groups excluding carboxylic acids is 1. The Morgan fingerprint density at radius 1 is 1.06 bits per heavy atom. The van der Waals surface area contributed by atoms with Crippen molar-refractivity contribution in [1.29, 1.82) is 0 Å². The zero-order chi connectivity index (χ0) is 22.5. The molecule has 2 unspecified atom stereocenters. The average molecular weight is 448 g/mol. The highest BCUT2D eigenvalue weighted by molar-refractivity contribution is 5.86. The molecule has 1 aliphatic heterocycles. The van der Waals surface area contributed by atoms with E-state index in [9.17, 15) is 18.0 Å². The minimum Gasteiger partial charge on any atom is -0.448 e. The molecular formula is C24H28F3N3O2. The van der Waals surface area contributed by atoms with Crippen LogP contribution in [0.2, 0.25) is 0 Å². The summed E-state index contributed by atoms with van der Waals surface area (Å²) in [5, 5.41) is 0. The number of nitrogens with two attached hydrogens (primary N) is 1. The second-order valence-corrected chi connectivity index (χ2v) is 9.71. The smallest absolute Gasteiger partial charge is 0.416 e. The molecule has 2 atom stereocenters. The fourth-order valence-corrected chi connectivity index (χ4v) is 5.22. The van der Waals surface area contributed by atoms with Crippen LogP contribution in [-0.2, 0) is 11.0 Å². The minimum absolute atomic E-state index is 0.0643. The van der Waals surface area contributed by atoms with Crippen molar-refractivity contribution in [2.45, 2.75) is 74.4 Å². The summed E-state index contributed by atoms with van der Waals surface area (Å²) in [6.45, 7) is 0.912. The molecule has 2 aromatic rings. The van der Waals surface area contributed by atoms with Crippen molar-refractivity contribution in [1.82, 2.24) is 9.88 Å². The molecule has 2 heterocycles. The van der Waals surface area contributed by atoms with Gasteiger partial charge in [-0.05, 0) is 49.8 Å². The molecule has 5 nitrogen and oxygen atoms in total. The lowest BCUT2D eigenvalue weighted by Gasteiger charge is -2.40. The molecule has 172 valence electrons. The van der Waals surface area contributed by atoms with Crippen molar-refractivity contribution in [3.63, 3.8) is 0 Å². The highest BCUT2D eigenvalue weighted by atomic mass is 19.4. The van der Waals surface area contributed by atoms with Gasteiger partial charge in [0, 0.05) is 24.9 Å². The van der Waals surface area contributed by atoms with E-state index in [1.165, 1.54) is 12.1 Å². The Hall–Kier alpha value is -2.35. The Bertz CT molecular complexity index is 975. The first-order valence-electron chi connectivity index (χ1n) is 11.4. The number of benzene rings is 1. The number of rotatable bonds is 4. The lowest BCUT2D eigenvalue weighted by molar-refractivity contribution is -0.138. The van der Waals surface area contributed by atoms with Gasteiger partial charge in [-0.25, -0.2) is 4.98 Å². The van der Waals surface area contributed by atoms with Gasteiger partial charge in [0.1, 0.15) is 6.26 Å². The predicted octanol–water partition coefficient (Wildman–Crippen LogP) is 4.94. The molecule has 2 aliphatic carbocycles. The van der Waals surface area contributed by atoms with Gasteiger partial charge in [-0.15, -0.1) is 0 Å². The van der Waals surface area contributed by atoms with Gasteiger partial charge < -0.3 is 15.1 Å². The van der Waals surface area contributed by atoms with E-state index >= 15 is 0 Å². The molecular weight excluding hydrogens is 419 g/mol. The van der Waals surface area contributed by atoms with Gasteiger partial charge in [0.05, 0.1) is 22.7 Å². The number of piperidine rings is 1. The van der Waals surface area contributed by atoms with E-state index in [0.29, 0.717) is 44.2 Å². The van der Waals surface area contributed by atoms with Crippen LogP contribution in [0.1, 0.15) is 85.4 Å². The Morgan fingerprint density at radius 3 is 2.34 bits per heavy atom. The van der Waals surface area contributed by atoms with Gasteiger partial charge in [-0.2, -0.15) is 13.2 Å². The van der Waals surface area contributed by atoms with E-state index in [2.05, 4.69) is 0 Å². The first kappa shape index (κ1) is 21.5. The van der Waals surface area contributed by atoms with Crippen LogP contribution in [0.25, 0.3) is 0 Å². The maximum absolute atomic E-state index is 13.4. The number of oxazole rings is 1. The highest BCUT2D eigenvalue weighted by Gasteiger charge is 2.44. The summed E-state index contributed by atoms with van der Waals surface area (Å²) >= 11 is 0. The van der Waals surface area contributed by atoms with Gasteiger partial charge in [0.25, 0.3) is 0 Å². The van der Waals surface area contributed by atoms with Gasteiger partial charge in [-0.1, -0.05) is 25.0 Å². The van der Waals surface area contributed by atoms with Gasteiger partial charge in [0.2, 0.25) is 5.91 Å². The van der Waals surface area contributed by atoms with Crippen molar-refractivity contribution in [3.8, 4) is 0 Å². The van der Waals surface area contributed by atoms with E-state index in [-0.39, 0.29) is 17.7 Å². The van der Waals surface area contributed by atoms with E-state index in [1.807, 2.05) is 0 Å². The molecule has 1 amide bonds. The number of carbonyl (C=O) groups is 1. The Balaban J connectivity index is 1.42. The summed E-state index contributed by atoms with van der Waals surface area (Å²) < 4.78 is 44.8. The van der Waals surface area contributed by atoms with Crippen LogP contribution < -0.4 is 5.73 Å². The quantitative estimate of drug-likeness (QED) is 0.721. The number of hydrogen-bond acceptors (Lipinski definition) is 4. The molecule has 5 rings (SSSR count). The fourth-order valence-electron chi connectivity index (χ4n) is 5.22. The molecule has 2 N–H and O–H groups in total. The molecule has 8 heteroatoms. The molecule has 3 fully saturated rings. The third-order valence-electron chi connectivity index (χ3n) is 7.25. The van der Waals surface area contributed by atoms with Crippen molar-refractivity contribution >= 4 is 5.91 Å². The van der Waals surface area contributed by atoms with E-state index in [1.54, 1.807) is 11.2 Å². The summed E-state index contributed by atoms with van der Waals surface area (Å²) in [6.07, 6.45) is 3.45. The van der Waals surface area contributed by atoms with Crippen LogP contribution >= 0.6 is 0 Å².